The summed E-state index contributed by atoms with van der Waals surface area (Å²) in [6.07, 6.45) is -4.40. The summed E-state index contributed by atoms with van der Waals surface area (Å²) in [6.45, 7) is 0.754. The number of fused-ring (bicyclic) bond motifs is 1. The van der Waals surface area contributed by atoms with Crippen molar-refractivity contribution in [3.63, 3.8) is 0 Å². The minimum atomic E-state index is -4.40. The molecule has 0 spiro atoms. The third kappa shape index (κ3) is 3.56. The number of benzene rings is 2. The highest BCUT2D eigenvalue weighted by molar-refractivity contribution is 9.09. The molecular formula is C15H12BrF3O2. The van der Waals surface area contributed by atoms with Gasteiger partial charge in [-0.25, -0.2) is 0 Å². The van der Waals surface area contributed by atoms with Gasteiger partial charge in [0.25, 0.3) is 0 Å². The lowest BCUT2D eigenvalue weighted by molar-refractivity contribution is -0.132. The standard InChI is InChI=1S/C15H12BrF3O2/c1-9(20)11-7-6-10-4-2-3-5-12(10)14(11)21-8-13(16)15(17,18)19/h2-7,13H,8H2,1H3. The minimum Gasteiger partial charge on any atom is -0.491 e. The van der Waals surface area contributed by atoms with E-state index in [4.69, 9.17) is 4.74 Å². The average Bonchev–Trinajstić information content (AvgIpc) is 2.42. The number of alkyl halides is 4. The second kappa shape index (κ2) is 6.05. The summed E-state index contributed by atoms with van der Waals surface area (Å²) in [5, 5.41) is 1.42. The molecule has 0 N–H and O–H groups in total. The fourth-order valence-corrected chi connectivity index (χ4v) is 2.06. The molecule has 0 aromatic heterocycles. The summed E-state index contributed by atoms with van der Waals surface area (Å²) in [4.78, 5) is 9.85. The first-order chi connectivity index (χ1) is 9.80. The zero-order valence-corrected chi connectivity index (χ0v) is 12.7. The van der Waals surface area contributed by atoms with Gasteiger partial charge in [-0.3, -0.25) is 4.79 Å². The van der Waals surface area contributed by atoms with E-state index in [-0.39, 0.29) is 17.1 Å². The van der Waals surface area contributed by atoms with Gasteiger partial charge in [0.1, 0.15) is 17.2 Å². The number of carbonyl (C=O) groups excluding carboxylic acids is 1. The molecule has 112 valence electrons. The Kier molecular flexibility index (Phi) is 4.56. The van der Waals surface area contributed by atoms with Crippen LogP contribution < -0.4 is 4.74 Å². The maximum atomic E-state index is 12.5. The van der Waals surface area contributed by atoms with Crippen LogP contribution in [0.2, 0.25) is 0 Å². The van der Waals surface area contributed by atoms with E-state index in [1.165, 1.54) is 6.92 Å². The molecule has 0 fully saturated rings. The molecule has 0 aliphatic heterocycles. The fourth-order valence-electron chi connectivity index (χ4n) is 1.93. The quantitative estimate of drug-likeness (QED) is 0.581. The number of ketones is 1. The zero-order chi connectivity index (χ0) is 15.6. The molecule has 0 bridgehead atoms. The number of hydrogen-bond acceptors (Lipinski definition) is 2. The van der Waals surface area contributed by atoms with Crippen LogP contribution in [-0.2, 0) is 0 Å². The van der Waals surface area contributed by atoms with Crippen molar-refractivity contribution in [2.45, 2.75) is 17.9 Å². The molecule has 2 rings (SSSR count). The number of ether oxygens (including phenoxy) is 1. The first-order valence-corrected chi connectivity index (χ1v) is 7.08. The van der Waals surface area contributed by atoms with Crippen molar-refractivity contribution in [1.29, 1.82) is 0 Å². The molecule has 0 amide bonds. The van der Waals surface area contributed by atoms with Gasteiger partial charge in [0.2, 0.25) is 0 Å². The normalized spacial score (nSPS) is 13.2. The van der Waals surface area contributed by atoms with E-state index in [1.807, 2.05) is 12.1 Å². The third-order valence-electron chi connectivity index (χ3n) is 2.99. The van der Waals surface area contributed by atoms with Gasteiger partial charge in [-0.15, -0.1) is 0 Å². The van der Waals surface area contributed by atoms with E-state index in [0.29, 0.717) is 5.39 Å². The number of hydrogen-bond donors (Lipinski definition) is 0. The Balaban J connectivity index is 2.40. The van der Waals surface area contributed by atoms with E-state index in [9.17, 15) is 18.0 Å². The molecule has 1 atom stereocenters. The van der Waals surface area contributed by atoms with Crippen molar-refractivity contribution in [2.75, 3.05) is 6.61 Å². The molecule has 0 heterocycles. The van der Waals surface area contributed by atoms with Crippen LogP contribution in [0.5, 0.6) is 5.75 Å². The Bertz CT molecular complexity index is 668. The van der Waals surface area contributed by atoms with Crippen LogP contribution in [-0.4, -0.2) is 23.4 Å². The monoisotopic (exact) mass is 360 g/mol. The Morgan fingerprint density at radius 2 is 1.90 bits per heavy atom. The van der Waals surface area contributed by atoms with Crippen molar-refractivity contribution >= 4 is 32.5 Å². The molecule has 0 saturated carbocycles. The third-order valence-corrected chi connectivity index (χ3v) is 3.77. The molecule has 0 saturated heterocycles. The molecule has 21 heavy (non-hydrogen) atoms. The van der Waals surface area contributed by atoms with Gasteiger partial charge in [-0.2, -0.15) is 13.2 Å². The molecule has 0 radical (unpaired) electrons. The van der Waals surface area contributed by atoms with Crippen molar-refractivity contribution in [2.24, 2.45) is 0 Å². The number of halogens is 4. The highest BCUT2D eigenvalue weighted by atomic mass is 79.9. The predicted molar refractivity (Wildman–Crippen MR) is 78.2 cm³/mol. The highest BCUT2D eigenvalue weighted by Crippen LogP contribution is 2.32. The highest BCUT2D eigenvalue weighted by Gasteiger charge is 2.38. The van der Waals surface area contributed by atoms with Gasteiger partial charge in [0, 0.05) is 5.39 Å². The van der Waals surface area contributed by atoms with Crippen LogP contribution in [0.4, 0.5) is 13.2 Å². The second-order valence-corrected chi connectivity index (χ2v) is 5.65. The van der Waals surface area contributed by atoms with Crippen LogP contribution in [0.1, 0.15) is 17.3 Å². The maximum Gasteiger partial charge on any atom is 0.404 e. The van der Waals surface area contributed by atoms with E-state index in [2.05, 4.69) is 15.9 Å². The lowest BCUT2D eigenvalue weighted by atomic mass is 10.0. The molecule has 2 aromatic rings. The second-order valence-electron chi connectivity index (χ2n) is 4.54. The molecule has 6 heteroatoms. The van der Waals surface area contributed by atoms with E-state index in [1.54, 1.807) is 24.3 Å². The summed E-state index contributed by atoms with van der Waals surface area (Å²) < 4.78 is 42.9. The van der Waals surface area contributed by atoms with Crippen molar-refractivity contribution in [3.05, 3.63) is 42.0 Å². The predicted octanol–water partition coefficient (Wildman–Crippen LogP) is 4.75. The molecule has 2 nitrogen and oxygen atoms in total. The summed E-state index contributed by atoms with van der Waals surface area (Å²) in [5.74, 6) is -0.0665. The Labute approximate surface area is 128 Å². The van der Waals surface area contributed by atoms with Crippen molar-refractivity contribution < 1.29 is 22.7 Å². The van der Waals surface area contributed by atoms with Gasteiger partial charge in [0.05, 0.1) is 5.56 Å². The van der Waals surface area contributed by atoms with Gasteiger partial charge in [0.15, 0.2) is 5.78 Å². The smallest absolute Gasteiger partial charge is 0.404 e. The SMILES string of the molecule is CC(=O)c1ccc2ccccc2c1OCC(Br)C(F)(F)F. The largest absolute Gasteiger partial charge is 0.491 e. The molecule has 0 aliphatic carbocycles. The van der Waals surface area contributed by atoms with Crippen LogP contribution in [0.15, 0.2) is 36.4 Å². The summed E-state index contributed by atoms with van der Waals surface area (Å²) >= 11 is 2.55. The van der Waals surface area contributed by atoms with E-state index in [0.717, 1.165) is 5.39 Å². The van der Waals surface area contributed by atoms with Gasteiger partial charge < -0.3 is 4.74 Å². The molecule has 1 unspecified atom stereocenters. The van der Waals surface area contributed by atoms with Gasteiger partial charge >= 0.3 is 6.18 Å². The van der Waals surface area contributed by atoms with Crippen molar-refractivity contribution in [3.8, 4) is 5.75 Å². The first-order valence-electron chi connectivity index (χ1n) is 6.17. The Morgan fingerprint density at radius 1 is 1.24 bits per heavy atom. The number of Topliss-reactive ketones (excluding diaryl/α,β-unsaturated/α-hetero) is 1. The van der Waals surface area contributed by atoms with Crippen LogP contribution >= 0.6 is 15.9 Å². The lowest BCUT2D eigenvalue weighted by Crippen LogP contribution is -2.29. The van der Waals surface area contributed by atoms with E-state index >= 15 is 0 Å². The maximum absolute atomic E-state index is 12.5. The molecule has 2 aromatic carbocycles. The minimum absolute atomic E-state index is 0.189. The Morgan fingerprint density at radius 3 is 2.52 bits per heavy atom. The van der Waals surface area contributed by atoms with Crippen molar-refractivity contribution in [1.82, 2.24) is 0 Å². The Hall–Kier alpha value is -1.56. The molecule has 0 aliphatic rings. The zero-order valence-electron chi connectivity index (χ0n) is 11.1. The summed E-state index contributed by atoms with van der Waals surface area (Å²) in [5.41, 5.74) is 0.274. The van der Waals surface area contributed by atoms with Crippen LogP contribution in [0, 0.1) is 0 Å². The van der Waals surface area contributed by atoms with E-state index < -0.39 is 17.6 Å². The number of rotatable bonds is 4. The summed E-state index contributed by atoms with van der Waals surface area (Å²) in [6, 6.07) is 10.4. The van der Waals surface area contributed by atoms with Crippen LogP contribution in [0.3, 0.4) is 0 Å². The summed E-state index contributed by atoms with van der Waals surface area (Å²) in [7, 11) is 0. The lowest BCUT2D eigenvalue weighted by Gasteiger charge is -2.17. The first kappa shape index (κ1) is 15.8. The number of carbonyl (C=O) groups is 1. The van der Waals surface area contributed by atoms with Crippen LogP contribution in [0.25, 0.3) is 10.8 Å². The molecular weight excluding hydrogens is 349 g/mol. The van der Waals surface area contributed by atoms with Gasteiger partial charge in [-0.05, 0) is 18.4 Å². The van der Waals surface area contributed by atoms with Gasteiger partial charge in [-0.1, -0.05) is 46.3 Å². The average molecular weight is 361 g/mol. The fraction of sp³-hybridized carbons (Fsp3) is 0.267. The topological polar surface area (TPSA) is 26.3 Å².